The Bertz CT molecular complexity index is 3720. The molecule has 16 rings (SSSR count). The molecule has 0 fully saturated rings. The molecule has 10 aromatic carbocycles. The third kappa shape index (κ3) is 5.21. The summed E-state index contributed by atoms with van der Waals surface area (Å²) in [5.74, 6) is 0. The topological polar surface area (TPSA) is 16.2 Å². The van der Waals surface area contributed by atoms with Crippen molar-refractivity contribution in [1.29, 1.82) is 0 Å². The molecular weight excluding hydrogens is 871 g/mol. The highest BCUT2D eigenvalue weighted by Gasteiger charge is 2.59. The summed E-state index contributed by atoms with van der Waals surface area (Å²) in [6.45, 7) is 8.59. The van der Waals surface area contributed by atoms with Crippen LogP contribution in [-0.2, 0) is 0 Å². The summed E-state index contributed by atoms with van der Waals surface area (Å²) in [5.41, 5.74) is 32.9. The van der Waals surface area contributed by atoms with Gasteiger partial charge in [-0.1, -0.05) is 132 Å². The lowest BCUT2D eigenvalue weighted by molar-refractivity contribution is 1.22. The van der Waals surface area contributed by atoms with Crippen LogP contribution in [0.25, 0.3) is 11.1 Å². The van der Waals surface area contributed by atoms with Crippen molar-refractivity contribution in [2.45, 2.75) is 27.7 Å². The maximum absolute atomic E-state index is 2.71. The molecule has 6 aliphatic heterocycles. The highest BCUT2D eigenvalue weighted by Crippen LogP contribution is 2.58. The molecule has 0 aliphatic carbocycles. The predicted molar refractivity (Wildman–Crippen MR) is 307 cm³/mol. The van der Waals surface area contributed by atoms with Crippen LogP contribution in [0.3, 0.4) is 0 Å². The van der Waals surface area contributed by atoms with E-state index in [0.717, 1.165) is 28.4 Å². The molecule has 10 aromatic rings. The lowest BCUT2D eigenvalue weighted by atomic mass is 9.28. The normalized spacial score (nSPS) is 14.2. The lowest BCUT2D eigenvalue weighted by Gasteiger charge is -2.56. The molecule has 0 aromatic heterocycles. The molecule has 72 heavy (non-hydrogen) atoms. The zero-order valence-corrected chi connectivity index (χ0v) is 40.6. The van der Waals surface area contributed by atoms with E-state index in [1.165, 1.54) is 117 Å². The van der Waals surface area contributed by atoms with E-state index in [-0.39, 0.29) is 20.4 Å². The summed E-state index contributed by atoms with van der Waals surface area (Å²) in [6, 6.07) is 78.6. The number of hydrogen-bond acceptors (Lipinski definition) is 5. The Labute approximate surface area is 422 Å². The zero-order valence-electron chi connectivity index (χ0n) is 40.6. The first-order valence-corrected chi connectivity index (χ1v) is 25.4. The van der Waals surface area contributed by atoms with E-state index < -0.39 is 0 Å². The van der Waals surface area contributed by atoms with Crippen LogP contribution in [0.15, 0.2) is 206 Å². The molecular formula is C64H46B3N5. The van der Waals surface area contributed by atoms with Crippen molar-refractivity contribution in [2.24, 2.45) is 0 Å². The van der Waals surface area contributed by atoms with Crippen molar-refractivity contribution in [1.82, 2.24) is 0 Å². The molecule has 0 unspecified atom stereocenters. The van der Waals surface area contributed by atoms with E-state index >= 15 is 0 Å². The average molecular weight is 918 g/mol. The summed E-state index contributed by atoms with van der Waals surface area (Å²) in [5, 5.41) is 0. The van der Waals surface area contributed by atoms with Gasteiger partial charge in [-0.25, -0.2) is 0 Å². The predicted octanol–water partition coefficient (Wildman–Crippen LogP) is 11.3. The fourth-order valence-electron chi connectivity index (χ4n) is 13.7. The van der Waals surface area contributed by atoms with Gasteiger partial charge in [0, 0.05) is 73.8 Å². The number of hydrogen-bond donors (Lipinski definition) is 0. The highest BCUT2D eigenvalue weighted by molar-refractivity contribution is 7.05. The number of nitrogens with zero attached hydrogens (tertiary/aromatic N) is 5. The van der Waals surface area contributed by atoms with E-state index in [2.05, 4.69) is 258 Å². The third-order valence-corrected chi connectivity index (χ3v) is 16.5. The molecule has 0 bridgehead atoms. The third-order valence-electron chi connectivity index (χ3n) is 16.5. The van der Waals surface area contributed by atoms with Crippen LogP contribution >= 0.6 is 0 Å². The maximum atomic E-state index is 2.71. The van der Waals surface area contributed by atoms with Crippen molar-refractivity contribution >= 4 is 133 Å². The minimum Gasteiger partial charge on any atom is -0.376 e. The van der Waals surface area contributed by atoms with Gasteiger partial charge in [-0.15, -0.1) is 0 Å². The van der Waals surface area contributed by atoms with Gasteiger partial charge in [-0.2, -0.15) is 0 Å². The van der Waals surface area contributed by atoms with Crippen LogP contribution in [0.5, 0.6) is 0 Å². The number of fused-ring (bicyclic) bond motifs is 12. The maximum Gasteiger partial charge on any atom is 0.333 e. The van der Waals surface area contributed by atoms with Crippen molar-refractivity contribution < 1.29 is 0 Å². The molecule has 0 spiro atoms. The monoisotopic (exact) mass is 917 g/mol. The quantitative estimate of drug-likeness (QED) is 0.159. The Balaban J connectivity index is 1.13. The highest BCUT2D eigenvalue weighted by atomic mass is 15.2. The van der Waals surface area contributed by atoms with Crippen molar-refractivity contribution in [2.75, 3.05) is 24.3 Å². The van der Waals surface area contributed by atoms with Crippen LogP contribution in [0.2, 0.25) is 0 Å². The van der Waals surface area contributed by atoms with Crippen LogP contribution < -0.4 is 62.6 Å². The van der Waals surface area contributed by atoms with Gasteiger partial charge in [0.1, 0.15) is 0 Å². The van der Waals surface area contributed by atoms with Gasteiger partial charge >= 0.3 is 13.7 Å². The Hall–Kier alpha value is -8.61. The van der Waals surface area contributed by atoms with E-state index in [1.807, 2.05) is 0 Å². The molecule has 5 nitrogen and oxygen atoms in total. The van der Waals surface area contributed by atoms with Crippen LogP contribution in [-0.4, -0.2) is 20.4 Å². The number of para-hydroxylation sites is 4. The summed E-state index contributed by atoms with van der Waals surface area (Å²) >= 11 is 0. The number of anilines is 13. The zero-order chi connectivity index (χ0) is 47.7. The van der Waals surface area contributed by atoms with Gasteiger partial charge < -0.3 is 24.3 Å². The van der Waals surface area contributed by atoms with Crippen LogP contribution in [0.1, 0.15) is 22.3 Å². The SMILES string of the molecule is Cc1ccc(N(c2ccc(C)cc2)c2cc3c4c(c2)N(c2ccccc2)B2c5ccccc5N5c6cc(C)ccc6B6c7ccc(C)cc7N7c8ccccc8B(c8c-4c2c5c6c87)N3c2ccccc2)cc1. The average Bonchev–Trinajstić information content (AvgIpc) is 3.42. The second kappa shape index (κ2) is 14.5. The van der Waals surface area contributed by atoms with Crippen molar-refractivity contribution in [3.63, 3.8) is 0 Å². The van der Waals surface area contributed by atoms with Gasteiger partial charge in [0.15, 0.2) is 0 Å². The van der Waals surface area contributed by atoms with E-state index in [4.69, 9.17) is 0 Å². The molecule has 0 saturated heterocycles. The van der Waals surface area contributed by atoms with Gasteiger partial charge in [0.2, 0.25) is 0 Å². The standard InChI is InChI=1S/C64H46B3N5/c1-39-23-29-43(30-24-39)68(44-31-25-40(2)26-32-44)47-37-56-58-57(38-47)72(46-17-9-6-10-18-46)67-51-20-12-14-22-53(51)70-55-36-42(4)28-34-49(55)65-48-33-27-41(3)35-54(48)69-52-21-13-11-19-50(52)66(71(56)45-15-7-5-8-16-45)60-59(58)61(67)64(70)62(65)63(60)69/h5-38H,1-4H3. The van der Waals surface area contributed by atoms with E-state index in [0.29, 0.717) is 0 Å². The second-order valence-corrected chi connectivity index (χ2v) is 20.7. The number of benzene rings is 10. The minimum atomic E-state index is -0.143. The fraction of sp³-hybridized carbons (Fsp3) is 0.0625. The van der Waals surface area contributed by atoms with E-state index in [9.17, 15) is 0 Å². The summed E-state index contributed by atoms with van der Waals surface area (Å²) in [4.78, 5) is 13.2. The fourth-order valence-corrected chi connectivity index (χ4v) is 13.7. The molecule has 0 N–H and O–H groups in total. The van der Waals surface area contributed by atoms with Crippen molar-refractivity contribution in [3.8, 4) is 11.1 Å². The van der Waals surface area contributed by atoms with Crippen LogP contribution in [0.4, 0.5) is 73.9 Å². The first kappa shape index (κ1) is 40.2. The summed E-state index contributed by atoms with van der Waals surface area (Å²) in [6.07, 6.45) is 0. The smallest absolute Gasteiger partial charge is 0.333 e. The Morgan fingerprint density at radius 1 is 0.319 bits per heavy atom. The first-order chi connectivity index (χ1) is 35.4. The Morgan fingerprint density at radius 2 is 0.736 bits per heavy atom. The van der Waals surface area contributed by atoms with Crippen LogP contribution in [0, 0.1) is 27.7 Å². The molecule has 0 atom stereocenters. The number of aryl methyl sites for hydroxylation is 4. The molecule has 0 amide bonds. The van der Waals surface area contributed by atoms with E-state index in [1.54, 1.807) is 0 Å². The summed E-state index contributed by atoms with van der Waals surface area (Å²) < 4.78 is 0. The number of rotatable bonds is 5. The van der Waals surface area contributed by atoms with Gasteiger partial charge in [0.25, 0.3) is 6.71 Å². The summed E-state index contributed by atoms with van der Waals surface area (Å²) in [7, 11) is 0. The molecule has 6 heterocycles. The lowest BCUT2D eigenvalue weighted by Crippen LogP contribution is -2.74. The second-order valence-electron chi connectivity index (χ2n) is 20.7. The van der Waals surface area contributed by atoms with Gasteiger partial charge in [0.05, 0.1) is 5.69 Å². The van der Waals surface area contributed by atoms with Crippen molar-refractivity contribution in [3.05, 3.63) is 229 Å². The largest absolute Gasteiger partial charge is 0.376 e. The minimum absolute atomic E-state index is 0.0187. The van der Waals surface area contributed by atoms with Gasteiger partial charge in [-0.05, 0) is 168 Å². The Kier molecular flexibility index (Phi) is 8.08. The van der Waals surface area contributed by atoms with Gasteiger partial charge in [-0.3, -0.25) is 0 Å². The first-order valence-electron chi connectivity index (χ1n) is 25.4. The molecule has 6 aliphatic rings. The molecule has 0 saturated carbocycles. The molecule has 8 heteroatoms. The molecule has 0 radical (unpaired) electrons. The molecule has 336 valence electrons. The Morgan fingerprint density at radius 3 is 1.19 bits per heavy atom.